The number of aliphatic hydroxyl groups is 1. The Kier molecular flexibility index (Phi) is 6.03. The highest BCUT2D eigenvalue weighted by molar-refractivity contribution is 6.33. The number of halogens is 3. The summed E-state index contributed by atoms with van der Waals surface area (Å²) in [6.45, 7) is 0.181. The molecule has 1 N–H and O–H groups in total. The Balaban J connectivity index is 1.65. The number of hydrogen-bond donors (Lipinski definition) is 1. The lowest BCUT2D eigenvalue weighted by atomic mass is 9.70. The molecule has 4 rings (SSSR count). The van der Waals surface area contributed by atoms with Gasteiger partial charge in [0, 0.05) is 30.6 Å². The molecule has 1 aliphatic rings. The van der Waals surface area contributed by atoms with Gasteiger partial charge in [0.2, 0.25) is 5.91 Å². The molecule has 2 aromatic carbocycles. The predicted molar refractivity (Wildman–Crippen MR) is 116 cm³/mol. The molecule has 1 unspecified atom stereocenters. The number of carbonyl (C=O) groups is 1. The fourth-order valence-corrected chi connectivity index (χ4v) is 4.46. The Bertz CT molecular complexity index is 1110. The molecule has 1 aliphatic heterocycles. The Hall–Kier alpha value is -2.83. The van der Waals surface area contributed by atoms with Gasteiger partial charge in [0.1, 0.15) is 17.5 Å². The molecule has 0 bridgehead atoms. The van der Waals surface area contributed by atoms with Crippen LogP contribution in [0.25, 0.3) is 11.3 Å². The minimum absolute atomic E-state index is 0.0602. The molecule has 7 heteroatoms. The van der Waals surface area contributed by atoms with E-state index in [-0.39, 0.29) is 30.6 Å². The van der Waals surface area contributed by atoms with Gasteiger partial charge in [-0.25, -0.2) is 13.8 Å². The molecule has 1 atom stereocenters. The van der Waals surface area contributed by atoms with Crippen molar-refractivity contribution in [1.29, 1.82) is 0 Å². The van der Waals surface area contributed by atoms with Gasteiger partial charge in [-0.05, 0) is 60.9 Å². The van der Waals surface area contributed by atoms with Crippen LogP contribution in [0.1, 0.15) is 24.8 Å². The molecule has 1 saturated heterocycles. The number of aliphatic hydroxyl groups excluding tert-OH is 1. The van der Waals surface area contributed by atoms with Gasteiger partial charge in [-0.1, -0.05) is 29.8 Å². The Morgan fingerprint density at radius 2 is 1.81 bits per heavy atom. The standard InChI is InChI=1S/C24H21ClF2N2O2/c25-19-9-10-21(28-23(19)16-5-7-17(26)8-6-16)29-13-11-24(12-14-30,15-22(29)31)18-3-1-2-4-20(18)27/h1-10,30H,11-15H2. The highest BCUT2D eigenvalue weighted by Gasteiger charge is 2.42. The SMILES string of the molecule is O=C1CC(CCO)(c2ccccc2F)CCN1c1ccc(Cl)c(-c2ccc(F)cc2)n1. The third kappa shape index (κ3) is 4.18. The average Bonchev–Trinajstić information content (AvgIpc) is 2.76. The molecule has 1 amide bonds. The number of aromatic nitrogens is 1. The van der Waals surface area contributed by atoms with E-state index in [9.17, 15) is 18.7 Å². The third-order valence-electron chi connectivity index (χ3n) is 5.87. The van der Waals surface area contributed by atoms with Gasteiger partial charge in [0.25, 0.3) is 0 Å². The summed E-state index contributed by atoms with van der Waals surface area (Å²) in [7, 11) is 0. The molecule has 0 radical (unpaired) electrons. The monoisotopic (exact) mass is 442 g/mol. The van der Waals surface area contributed by atoms with Gasteiger partial charge in [-0.3, -0.25) is 9.69 Å². The van der Waals surface area contributed by atoms with Crippen molar-refractivity contribution in [3.63, 3.8) is 0 Å². The van der Waals surface area contributed by atoms with E-state index in [4.69, 9.17) is 11.6 Å². The Morgan fingerprint density at radius 1 is 1.06 bits per heavy atom. The van der Waals surface area contributed by atoms with E-state index in [0.29, 0.717) is 47.0 Å². The maximum Gasteiger partial charge on any atom is 0.229 e. The van der Waals surface area contributed by atoms with Crippen LogP contribution < -0.4 is 4.90 Å². The maximum absolute atomic E-state index is 14.5. The van der Waals surface area contributed by atoms with Crippen LogP contribution in [0, 0.1) is 11.6 Å². The Labute approximate surface area is 184 Å². The quantitative estimate of drug-likeness (QED) is 0.596. The summed E-state index contributed by atoms with van der Waals surface area (Å²) in [4.78, 5) is 19.3. The zero-order chi connectivity index (χ0) is 22.0. The first-order valence-corrected chi connectivity index (χ1v) is 10.4. The number of carbonyl (C=O) groups excluding carboxylic acids is 1. The van der Waals surface area contributed by atoms with Crippen molar-refractivity contribution in [1.82, 2.24) is 4.98 Å². The van der Waals surface area contributed by atoms with Crippen molar-refractivity contribution in [2.75, 3.05) is 18.1 Å². The van der Waals surface area contributed by atoms with E-state index in [1.807, 2.05) is 0 Å². The van der Waals surface area contributed by atoms with Crippen LogP contribution in [0.3, 0.4) is 0 Å². The molecular weight excluding hydrogens is 422 g/mol. The van der Waals surface area contributed by atoms with Crippen molar-refractivity contribution in [3.05, 3.63) is 82.9 Å². The summed E-state index contributed by atoms with van der Waals surface area (Å²) in [5, 5.41) is 10.0. The minimum atomic E-state index is -0.764. The summed E-state index contributed by atoms with van der Waals surface area (Å²) < 4.78 is 27.8. The summed E-state index contributed by atoms with van der Waals surface area (Å²) in [5.41, 5.74) is 0.778. The second-order valence-corrected chi connectivity index (χ2v) is 8.12. The van der Waals surface area contributed by atoms with Crippen molar-refractivity contribution in [2.24, 2.45) is 0 Å². The Morgan fingerprint density at radius 3 is 2.48 bits per heavy atom. The summed E-state index contributed by atoms with van der Waals surface area (Å²) in [5.74, 6) is -0.515. The summed E-state index contributed by atoms with van der Waals surface area (Å²) in [6, 6.07) is 15.5. The average molecular weight is 443 g/mol. The lowest BCUT2D eigenvalue weighted by Gasteiger charge is -2.41. The lowest BCUT2D eigenvalue weighted by Crippen LogP contribution is -2.47. The number of anilines is 1. The number of pyridine rings is 1. The smallest absolute Gasteiger partial charge is 0.229 e. The van der Waals surface area contributed by atoms with Gasteiger partial charge >= 0.3 is 0 Å². The number of benzene rings is 2. The zero-order valence-electron chi connectivity index (χ0n) is 16.7. The van der Waals surface area contributed by atoms with Gasteiger partial charge in [-0.2, -0.15) is 0 Å². The highest BCUT2D eigenvalue weighted by Crippen LogP contribution is 2.41. The van der Waals surface area contributed by atoms with E-state index in [0.717, 1.165) is 0 Å². The number of amides is 1. The molecule has 0 aliphatic carbocycles. The second-order valence-electron chi connectivity index (χ2n) is 7.71. The minimum Gasteiger partial charge on any atom is -0.396 e. The van der Waals surface area contributed by atoms with Crippen LogP contribution in [0.5, 0.6) is 0 Å². The molecule has 2 heterocycles. The lowest BCUT2D eigenvalue weighted by molar-refractivity contribution is -0.121. The topological polar surface area (TPSA) is 53.4 Å². The summed E-state index contributed by atoms with van der Waals surface area (Å²) in [6.07, 6.45) is 0.837. The van der Waals surface area contributed by atoms with Crippen LogP contribution in [-0.2, 0) is 10.2 Å². The largest absolute Gasteiger partial charge is 0.396 e. The zero-order valence-corrected chi connectivity index (χ0v) is 17.4. The number of hydrogen-bond acceptors (Lipinski definition) is 3. The molecule has 1 fully saturated rings. The maximum atomic E-state index is 14.5. The first-order chi connectivity index (χ1) is 14.9. The van der Waals surface area contributed by atoms with Gasteiger partial charge in [0.15, 0.2) is 0 Å². The molecule has 31 heavy (non-hydrogen) atoms. The molecule has 160 valence electrons. The van der Waals surface area contributed by atoms with Crippen LogP contribution in [0.4, 0.5) is 14.6 Å². The third-order valence-corrected chi connectivity index (χ3v) is 6.17. The van der Waals surface area contributed by atoms with Gasteiger partial charge in [0.05, 0.1) is 10.7 Å². The number of piperidine rings is 1. The molecule has 0 spiro atoms. The van der Waals surface area contributed by atoms with Crippen molar-refractivity contribution in [2.45, 2.75) is 24.7 Å². The van der Waals surface area contributed by atoms with Crippen molar-refractivity contribution >= 4 is 23.3 Å². The van der Waals surface area contributed by atoms with Crippen molar-refractivity contribution < 1.29 is 18.7 Å². The molecule has 0 saturated carbocycles. The van der Waals surface area contributed by atoms with Crippen LogP contribution in [0.15, 0.2) is 60.7 Å². The predicted octanol–water partition coefficient (Wildman–Crippen LogP) is 5.13. The molecule has 1 aromatic heterocycles. The normalized spacial score (nSPS) is 19.0. The second kappa shape index (κ2) is 8.73. The molecular formula is C24H21ClF2N2O2. The molecule has 4 nitrogen and oxygen atoms in total. The summed E-state index contributed by atoms with van der Waals surface area (Å²) >= 11 is 6.30. The highest BCUT2D eigenvalue weighted by atomic mass is 35.5. The van der Waals surface area contributed by atoms with Gasteiger partial charge < -0.3 is 5.11 Å². The fraction of sp³-hybridized carbons (Fsp3) is 0.250. The van der Waals surface area contributed by atoms with E-state index in [1.54, 1.807) is 47.4 Å². The first-order valence-electron chi connectivity index (χ1n) is 10.0. The van der Waals surface area contributed by atoms with Crippen molar-refractivity contribution in [3.8, 4) is 11.3 Å². The van der Waals surface area contributed by atoms with E-state index in [1.165, 1.54) is 18.2 Å². The number of nitrogens with zero attached hydrogens (tertiary/aromatic N) is 2. The van der Waals surface area contributed by atoms with Gasteiger partial charge in [-0.15, -0.1) is 0 Å². The first kappa shape index (κ1) is 21.4. The van der Waals surface area contributed by atoms with Crippen LogP contribution in [0.2, 0.25) is 5.02 Å². The van der Waals surface area contributed by atoms with E-state index < -0.39 is 5.41 Å². The van der Waals surface area contributed by atoms with E-state index >= 15 is 0 Å². The molecule has 3 aromatic rings. The fourth-order valence-electron chi connectivity index (χ4n) is 4.24. The number of rotatable bonds is 5. The van der Waals surface area contributed by atoms with E-state index in [2.05, 4.69) is 4.98 Å². The van der Waals surface area contributed by atoms with Crippen LogP contribution >= 0.6 is 11.6 Å². The van der Waals surface area contributed by atoms with Crippen LogP contribution in [-0.4, -0.2) is 29.1 Å².